The topological polar surface area (TPSA) is 55.1 Å². The summed E-state index contributed by atoms with van der Waals surface area (Å²) in [5.74, 6) is -0.639. The van der Waals surface area contributed by atoms with Crippen LogP contribution in [-0.2, 0) is 6.18 Å². The molecule has 0 aliphatic rings. The highest BCUT2D eigenvalue weighted by Crippen LogP contribution is 2.37. The summed E-state index contributed by atoms with van der Waals surface area (Å²) >= 11 is 5.64. The summed E-state index contributed by atoms with van der Waals surface area (Å²) in [6, 6.07) is 1.81. The summed E-state index contributed by atoms with van der Waals surface area (Å²) in [4.78, 5) is 11.8. The molecule has 0 radical (unpaired) electrons. The molecule has 3 nitrogen and oxygen atoms in total. The van der Waals surface area contributed by atoms with E-state index in [-0.39, 0.29) is 10.6 Å². The van der Waals surface area contributed by atoms with Gasteiger partial charge in [-0.3, -0.25) is 4.79 Å². The molecular formula is C12H14ClF3N2O. The molecule has 1 amide bonds. The van der Waals surface area contributed by atoms with Gasteiger partial charge in [-0.1, -0.05) is 11.6 Å². The fraction of sp³-hybridized carbons (Fsp3) is 0.417. The van der Waals surface area contributed by atoms with Crippen LogP contribution in [0, 0.1) is 0 Å². The van der Waals surface area contributed by atoms with Crippen molar-refractivity contribution in [3.05, 3.63) is 28.3 Å². The van der Waals surface area contributed by atoms with Gasteiger partial charge in [0.15, 0.2) is 0 Å². The highest BCUT2D eigenvalue weighted by molar-refractivity contribution is 6.33. The van der Waals surface area contributed by atoms with Gasteiger partial charge < -0.3 is 11.1 Å². The maximum atomic E-state index is 12.7. The number of nitrogen functional groups attached to an aromatic ring is 1. The predicted octanol–water partition coefficient (Wildman–Crippen LogP) is 3.47. The molecule has 106 valence electrons. The van der Waals surface area contributed by atoms with E-state index in [9.17, 15) is 18.0 Å². The molecule has 0 saturated heterocycles. The number of benzene rings is 1. The van der Waals surface area contributed by atoms with Crippen molar-refractivity contribution >= 4 is 23.2 Å². The average molecular weight is 295 g/mol. The van der Waals surface area contributed by atoms with E-state index in [2.05, 4.69) is 5.32 Å². The third-order valence-corrected chi connectivity index (χ3v) is 2.50. The van der Waals surface area contributed by atoms with Gasteiger partial charge in [0.2, 0.25) is 0 Å². The third-order valence-electron chi connectivity index (χ3n) is 2.19. The molecule has 0 aliphatic heterocycles. The summed E-state index contributed by atoms with van der Waals surface area (Å²) in [7, 11) is 0. The summed E-state index contributed by atoms with van der Waals surface area (Å²) < 4.78 is 38.2. The second kappa shape index (κ2) is 4.92. The summed E-state index contributed by atoms with van der Waals surface area (Å²) in [6.45, 7) is 5.15. The Balaban J connectivity index is 3.25. The molecule has 19 heavy (non-hydrogen) atoms. The van der Waals surface area contributed by atoms with Gasteiger partial charge in [-0.15, -0.1) is 0 Å². The van der Waals surface area contributed by atoms with E-state index in [0.717, 1.165) is 6.07 Å². The van der Waals surface area contributed by atoms with Crippen molar-refractivity contribution in [2.75, 3.05) is 5.73 Å². The third kappa shape index (κ3) is 4.02. The van der Waals surface area contributed by atoms with Gasteiger partial charge in [0.05, 0.1) is 16.3 Å². The minimum absolute atomic E-state index is 0.179. The molecule has 0 saturated carbocycles. The minimum atomic E-state index is -4.66. The Hall–Kier alpha value is -1.43. The Morgan fingerprint density at radius 2 is 1.79 bits per heavy atom. The van der Waals surface area contributed by atoms with E-state index in [1.165, 1.54) is 0 Å². The molecule has 0 spiro atoms. The van der Waals surface area contributed by atoms with Gasteiger partial charge >= 0.3 is 6.18 Å². The molecule has 3 N–H and O–H groups in total. The summed E-state index contributed by atoms with van der Waals surface area (Å²) in [5.41, 5.74) is 2.84. The zero-order valence-electron chi connectivity index (χ0n) is 10.7. The molecular weight excluding hydrogens is 281 g/mol. The van der Waals surface area contributed by atoms with Crippen LogP contribution in [0.5, 0.6) is 0 Å². The maximum Gasteiger partial charge on any atom is 0.418 e. The molecule has 0 aliphatic carbocycles. The van der Waals surface area contributed by atoms with Crippen LogP contribution in [0.4, 0.5) is 18.9 Å². The van der Waals surface area contributed by atoms with Crippen molar-refractivity contribution in [1.29, 1.82) is 0 Å². The normalized spacial score (nSPS) is 12.4. The number of hydrogen-bond donors (Lipinski definition) is 2. The summed E-state index contributed by atoms with van der Waals surface area (Å²) in [5, 5.41) is 2.26. The van der Waals surface area contributed by atoms with Crippen LogP contribution in [0.3, 0.4) is 0 Å². The van der Waals surface area contributed by atoms with Crippen molar-refractivity contribution in [3.8, 4) is 0 Å². The van der Waals surface area contributed by atoms with Gasteiger partial charge in [0.25, 0.3) is 5.91 Å². The molecule has 0 fully saturated rings. The maximum absolute atomic E-state index is 12.7. The number of nitrogens with one attached hydrogen (secondary N) is 1. The van der Waals surface area contributed by atoms with Gasteiger partial charge in [-0.05, 0) is 32.9 Å². The standard InChI is InChI=1S/C12H14ClF3N2O/c1-11(2,3)18-10(19)6-4-7(12(14,15)16)9(17)8(13)5-6/h4-5H,17H2,1-3H3,(H,18,19). The molecule has 0 heterocycles. The monoisotopic (exact) mass is 294 g/mol. The molecule has 1 aromatic carbocycles. The average Bonchev–Trinajstić information content (AvgIpc) is 2.17. The Morgan fingerprint density at radius 1 is 1.26 bits per heavy atom. The van der Waals surface area contributed by atoms with Gasteiger partial charge in [0.1, 0.15) is 0 Å². The summed E-state index contributed by atoms with van der Waals surface area (Å²) in [6.07, 6.45) is -4.66. The molecule has 7 heteroatoms. The van der Waals surface area contributed by atoms with E-state index in [1.54, 1.807) is 20.8 Å². The van der Waals surface area contributed by atoms with Gasteiger partial charge in [-0.2, -0.15) is 13.2 Å². The highest BCUT2D eigenvalue weighted by atomic mass is 35.5. The molecule has 0 bridgehead atoms. The van der Waals surface area contributed by atoms with Crippen LogP contribution < -0.4 is 11.1 Å². The van der Waals surface area contributed by atoms with Crippen molar-refractivity contribution in [2.24, 2.45) is 0 Å². The van der Waals surface area contributed by atoms with Crippen LogP contribution in [-0.4, -0.2) is 11.4 Å². The first-order chi connectivity index (χ1) is 8.42. The second-order valence-corrected chi connectivity index (χ2v) is 5.53. The number of carbonyl (C=O) groups is 1. The van der Waals surface area contributed by atoms with Crippen molar-refractivity contribution < 1.29 is 18.0 Å². The second-order valence-electron chi connectivity index (χ2n) is 5.12. The SMILES string of the molecule is CC(C)(C)NC(=O)c1cc(Cl)c(N)c(C(F)(F)F)c1. The van der Waals surface area contributed by atoms with E-state index in [4.69, 9.17) is 17.3 Å². The van der Waals surface area contributed by atoms with Crippen molar-refractivity contribution in [3.63, 3.8) is 0 Å². The lowest BCUT2D eigenvalue weighted by atomic mass is 10.0. The van der Waals surface area contributed by atoms with E-state index in [0.29, 0.717) is 6.07 Å². The highest BCUT2D eigenvalue weighted by Gasteiger charge is 2.35. The lowest BCUT2D eigenvalue weighted by Crippen LogP contribution is -2.40. The lowest BCUT2D eigenvalue weighted by molar-refractivity contribution is -0.136. The molecule has 0 atom stereocenters. The smallest absolute Gasteiger partial charge is 0.397 e. The Kier molecular flexibility index (Phi) is 4.05. The number of amides is 1. The van der Waals surface area contributed by atoms with Crippen LogP contribution in [0.2, 0.25) is 5.02 Å². The quantitative estimate of drug-likeness (QED) is 0.779. The van der Waals surface area contributed by atoms with Crippen molar-refractivity contribution in [1.82, 2.24) is 5.32 Å². The number of rotatable bonds is 1. The van der Waals surface area contributed by atoms with E-state index < -0.39 is 28.9 Å². The number of anilines is 1. The lowest BCUT2D eigenvalue weighted by Gasteiger charge is -2.21. The number of halogens is 4. The fourth-order valence-electron chi connectivity index (χ4n) is 1.40. The Bertz CT molecular complexity index is 507. The molecule has 1 aromatic rings. The first kappa shape index (κ1) is 15.6. The first-order valence-corrected chi connectivity index (χ1v) is 5.78. The molecule has 0 unspecified atom stereocenters. The van der Waals surface area contributed by atoms with Crippen LogP contribution in [0.1, 0.15) is 36.7 Å². The van der Waals surface area contributed by atoms with Crippen molar-refractivity contribution in [2.45, 2.75) is 32.5 Å². The van der Waals surface area contributed by atoms with Crippen LogP contribution >= 0.6 is 11.6 Å². The Labute approximate surface area is 113 Å². The zero-order chi connectivity index (χ0) is 15.0. The first-order valence-electron chi connectivity index (χ1n) is 5.40. The number of carbonyl (C=O) groups excluding carboxylic acids is 1. The minimum Gasteiger partial charge on any atom is -0.397 e. The largest absolute Gasteiger partial charge is 0.418 e. The predicted molar refractivity (Wildman–Crippen MR) is 68.1 cm³/mol. The molecule has 0 aromatic heterocycles. The van der Waals surface area contributed by atoms with Crippen LogP contribution in [0.25, 0.3) is 0 Å². The van der Waals surface area contributed by atoms with E-state index in [1.807, 2.05) is 0 Å². The fourth-order valence-corrected chi connectivity index (χ4v) is 1.62. The zero-order valence-corrected chi connectivity index (χ0v) is 11.4. The van der Waals surface area contributed by atoms with Crippen LogP contribution in [0.15, 0.2) is 12.1 Å². The number of hydrogen-bond acceptors (Lipinski definition) is 2. The Morgan fingerprint density at radius 3 is 2.21 bits per heavy atom. The number of nitrogens with two attached hydrogens (primary N) is 1. The van der Waals surface area contributed by atoms with E-state index >= 15 is 0 Å². The molecule has 1 rings (SSSR count). The van der Waals surface area contributed by atoms with Gasteiger partial charge in [0, 0.05) is 11.1 Å². The number of alkyl halides is 3. The van der Waals surface area contributed by atoms with Gasteiger partial charge in [-0.25, -0.2) is 0 Å².